The number of rotatable bonds is 6. The van der Waals surface area contributed by atoms with Crippen LogP contribution in [0.15, 0.2) is 53.5 Å². The van der Waals surface area contributed by atoms with Crippen molar-refractivity contribution in [2.24, 2.45) is 10.9 Å². The third kappa shape index (κ3) is 4.43. The highest BCUT2D eigenvalue weighted by molar-refractivity contribution is 8.15. The molecule has 1 aliphatic carbocycles. The summed E-state index contributed by atoms with van der Waals surface area (Å²) in [5.74, 6) is 0.377. The molecule has 2 atom stereocenters. The third-order valence-corrected chi connectivity index (χ3v) is 6.93. The minimum absolute atomic E-state index is 0.00858. The van der Waals surface area contributed by atoms with Crippen LogP contribution in [0.25, 0.3) is 0 Å². The van der Waals surface area contributed by atoms with Crippen LogP contribution in [0.2, 0.25) is 0 Å². The van der Waals surface area contributed by atoms with Gasteiger partial charge in [0.25, 0.3) is 0 Å². The van der Waals surface area contributed by atoms with Crippen molar-refractivity contribution in [3.05, 3.63) is 59.7 Å². The molecule has 1 saturated carbocycles. The van der Waals surface area contributed by atoms with E-state index in [1.165, 1.54) is 11.8 Å². The van der Waals surface area contributed by atoms with Gasteiger partial charge < -0.3 is 5.32 Å². The minimum Gasteiger partial charge on any atom is -0.326 e. The number of benzene rings is 2. The summed E-state index contributed by atoms with van der Waals surface area (Å²) >= 11 is 1.41. The van der Waals surface area contributed by atoms with Gasteiger partial charge >= 0.3 is 0 Å². The Morgan fingerprint density at radius 3 is 2.43 bits per heavy atom. The van der Waals surface area contributed by atoms with E-state index >= 15 is 0 Å². The number of hydrogen-bond donors (Lipinski definition) is 1. The lowest BCUT2D eigenvalue weighted by Crippen LogP contribution is -2.41. The fourth-order valence-corrected chi connectivity index (χ4v) is 5.07. The molecular weight excluding hydrogens is 394 g/mol. The molecule has 1 saturated heterocycles. The van der Waals surface area contributed by atoms with Gasteiger partial charge in [-0.1, -0.05) is 48.2 Å². The number of nitrogens with one attached hydrogen (secondary N) is 1. The van der Waals surface area contributed by atoms with E-state index in [0.717, 1.165) is 35.3 Å². The molecule has 2 amide bonds. The van der Waals surface area contributed by atoms with Crippen molar-refractivity contribution >= 4 is 40.1 Å². The van der Waals surface area contributed by atoms with Crippen molar-refractivity contribution in [2.75, 3.05) is 5.32 Å². The van der Waals surface area contributed by atoms with Crippen LogP contribution < -0.4 is 5.32 Å². The normalized spacial score (nSPS) is 21.2. The van der Waals surface area contributed by atoms with Crippen molar-refractivity contribution < 1.29 is 9.59 Å². The van der Waals surface area contributed by atoms with Gasteiger partial charge in [-0.2, -0.15) is 0 Å². The number of amides is 2. The Labute approximate surface area is 182 Å². The van der Waals surface area contributed by atoms with E-state index < -0.39 is 5.25 Å². The van der Waals surface area contributed by atoms with Crippen LogP contribution in [-0.4, -0.2) is 33.2 Å². The van der Waals surface area contributed by atoms with E-state index in [0.29, 0.717) is 11.1 Å². The molecule has 2 aromatic rings. The number of carbonyl (C=O) groups excluding carboxylic acids is 2. The van der Waals surface area contributed by atoms with Gasteiger partial charge in [0.15, 0.2) is 5.17 Å². The molecule has 1 heterocycles. The molecule has 2 aromatic carbocycles. The number of aliphatic imine (C=N–C) groups is 1. The number of carbonyl (C=O) groups is 2. The van der Waals surface area contributed by atoms with Crippen molar-refractivity contribution in [1.29, 1.82) is 0 Å². The largest absolute Gasteiger partial charge is 0.326 e. The molecule has 0 spiro atoms. The summed E-state index contributed by atoms with van der Waals surface area (Å²) in [5.41, 5.74) is 3.69. The molecule has 6 heteroatoms. The Balaban J connectivity index is 1.53. The zero-order chi connectivity index (χ0) is 21.3. The Hall–Kier alpha value is -2.60. The van der Waals surface area contributed by atoms with Gasteiger partial charge in [-0.05, 0) is 62.8 Å². The van der Waals surface area contributed by atoms with Gasteiger partial charge in [0.2, 0.25) is 11.8 Å². The monoisotopic (exact) mass is 421 g/mol. The van der Waals surface area contributed by atoms with E-state index in [9.17, 15) is 9.59 Å². The van der Waals surface area contributed by atoms with Crippen LogP contribution in [0, 0.1) is 19.8 Å². The molecule has 1 aliphatic heterocycles. The van der Waals surface area contributed by atoms with Gasteiger partial charge in [0.05, 0.1) is 5.69 Å². The van der Waals surface area contributed by atoms with Crippen LogP contribution in [0.4, 0.5) is 11.4 Å². The van der Waals surface area contributed by atoms with Crippen LogP contribution in [0.3, 0.4) is 0 Å². The number of anilines is 1. The van der Waals surface area contributed by atoms with E-state index in [1.807, 2.05) is 67.3 Å². The van der Waals surface area contributed by atoms with Gasteiger partial charge in [0.1, 0.15) is 5.25 Å². The lowest BCUT2D eigenvalue weighted by atomic mass is 10.1. The van der Waals surface area contributed by atoms with Crippen molar-refractivity contribution in [3.63, 3.8) is 0 Å². The predicted molar refractivity (Wildman–Crippen MR) is 123 cm³/mol. The Kier molecular flexibility index (Phi) is 5.95. The Morgan fingerprint density at radius 1 is 1.13 bits per heavy atom. The smallest absolute Gasteiger partial charge is 0.242 e. The average Bonchev–Trinajstić information content (AvgIpc) is 3.52. The summed E-state index contributed by atoms with van der Waals surface area (Å²) in [6.45, 7) is 6.04. The average molecular weight is 422 g/mol. The third-order valence-electron chi connectivity index (χ3n) is 5.78. The Bertz CT molecular complexity index is 965. The van der Waals surface area contributed by atoms with Crippen molar-refractivity contribution in [1.82, 2.24) is 4.90 Å². The van der Waals surface area contributed by atoms with Crippen LogP contribution in [0.5, 0.6) is 0 Å². The molecule has 0 unspecified atom stereocenters. The van der Waals surface area contributed by atoms with E-state index in [4.69, 9.17) is 4.99 Å². The summed E-state index contributed by atoms with van der Waals surface area (Å²) in [6, 6.07) is 15.7. The number of para-hydroxylation sites is 2. The summed E-state index contributed by atoms with van der Waals surface area (Å²) in [7, 11) is 0. The second-order valence-electron chi connectivity index (χ2n) is 8.14. The van der Waals surface area contributed by atoms with Gasteiger partial charge in [-0.3, -0.25) is 14.5 Å². The lowest BCUT2D eigenvalue weighted by molar-refractivity contribution is -0.129. The van der Waals surface area contributed by atoms with Gasteiger partial charge in [-0.15, -0.1) is 0 Å². The molecule has 2 aliphatic rings. The molecule has 30 heavy (non-hydrogen) atoms. The number of hydrogen-bond acceptors (Lipinski definition) is 4. The number of nitrogens with zero attached hydrogens (tertiary/aromatic N) is 2. The summed E-state index contributed by atoms with van der Waals surface area (Å²) in [4.78, 5) is 32.6. The molecule has 0 bridgehead atoms. The first-order valence-electron chi connectivity index (χ1n) is 10.4. The number of thioether (sulfide) groups is 1. The molecule has 4 rings (SSSR count). The highest BCUT2D eigenvalue weighted by atomic mass is 32.2. The Morgan fingerprint density at radius 2 is 1.80 bits per heavy atom. The van der Waals surface area contributed by atoms with Crippen molar-refractivity contribution in [3.8, 4) is 0 Å². The fourth-order valence-electron chi connectivity index (χ4n) is 3.84. The minimum atomic E-state index is -0.446. The van der Waals surface area contributed by atoms with Gasteiger partial charge in [-0.25, -0.2) is 4.99 Å². The zero-order valence-electron chi connectivity index (χ0n) is 17.6. The highest BCUT2D eigenvalue weighted by Crippen LogP contribution is 2.41. The molecular formula is C24H27N3O2S. The zero-order valence-corrected chi connectivity index (χ0v) is 18.4. The quantitative estimate of drug-likeness (QED) is 0.709. The van der Waals surface area contributed by atoms with E-state index in [-0.39, 0.29) is 24.3 Å². The maximum absolute atomic E-state index is 13.2. The summed E-state index contributed by atoms with van der Waals surface area (Å²) < 4.78 is 0. The van der Waals surface area contributed by atoms with Crippen LogP contribution >= 0.6 is 11.8 Å². The second kappa shape index (κ2) is 8.64. The highest BCUT2D eigenvalue weighted by Gasteiger charge is 2.45. The summed E-state index contributed by atoms with van der Waals surface area (Å²) in [6.07, 6.45) is 2.43. The molecule has 1 N–H and O–H groups in total. The standard InChI is InChI=1S/C24H27N3O2S/c1-15-8-7-9-16(2)22(15)26-21(28)14-20-23(29)27(17(3)18-12-13-18)24(30-20)25-19-10-5-4-6-11-19/h4-11,17-18,20H,12-14H2,1-3H3,(H,26,28)/t17-,20+/m1/s1. The van der Waals surface area contributed by atoms with Crippen molar-refractivity contribution in [2.45, 2.75) is 51.3 Å². The van der Waals surface area contributed by atoms with Crippen LogP contribution in [-0.2, 0) is 9.59 Å². The second-order valence-corrected chi connectivity index (χ2v) is 9.31. The predicted octanol–water partition coefficient (Wildman–Crippen LogP) is 5.06. The maximum Gasteiger partial charge on any atom is 0.242 e. The topological polar surface area (TPSA) is 61.8 Å². The maximum atomic E-state index is 13.2. The molecule has 0 radical (unpaired) electrons. The molecule has 2 fully saturated rings. The van der Waals surface area contributed by atoms with E-state index in [1.54, 1.807) is 0 Å². The first kappa shape index (κ1) is 20.7. The van der Waals surface area contributed by atoms with Crippen LogP contribution in [0.1, 0.15) is 37.3 Å². The SMILES string of the molecule is Cc1cccc(C)c1NC(=O)C[C@@H]1SC(=Nc2ccccc2)N([C@H](C)C2CC2)C1=O. The number of amidine groups is 1. The molecule has 0 aromatic heterocycles. The first-order valence-corrected chi connectivity index (χ1v) is 11.3. The summed E-state index contributed by atoms with van der Waals surface area (Å²) in [5, 5.41) is 3.26. The number of aryl methyl sites for hydroxylation is 2. The van der Waals surface area contributed by atoms with Gasteiger partial charge in [0, 0.05) is 18.2 Å². The lowest BCUT2D eigenvalue weighted by Gasteiger charge is -2.24. The molecule has 5 nitrogen and oxygen atoms in total. The fraction of sp³-hybridized carbons (Fsp3) is 0.375. The first-order chi connectivity index (χ1) is 14.4. The van der Waals surface area contributed by atoms with E-state index in [2.05, 4.69) is 12.2 Å². The molecule has 156 valence electrons.